The Morgan fingerprint density at radius 3 is 2.87 bits per heavy atom. The topological polar surface area (TPSA) is 44.5 Å². The van der Waals surface area contributed by atoms with Crippen LogP contribution in [0.3, 0.4) is 0 Å². The number of hydrogen-bond donors (Lipinski definition) is 1. The summed E-state index contributed by atoms with van der Waals surface area (Å²) in [5.41, 5.74) is 7.27. The van der Waals surface area contributed by atoms with Crippen LogP contribution in [0.4, 0.5) is 5.69 Å². The molecule has 84 valence electrons. The minimum Gasteiger partial charge on any atom is -0.399 e. The van der Waals surface area contributed by atoms with Crippen molar-refractivity contribution in [2.75, 3.05) is 26.1 Å². The number of benzene rings is 1. The first-order chi connectivity index (χ1) is 7.24. The average Bonchev–Trinajstić information content (AvgIpc) is 2.23. The second-order valence-corrected chi connectivity index (χ2v) is 3.66. The number of halogens is 1. The highest BCUT2D eigenvalue weighted by Gasteiger charge is 2.00. The van der Waals surface area contributed by atoms with Crippen molar-refractivity contribution < 1.29 is 9.47 Å². The molecule has 0 unspecified atom stereocenters. The average molecular weight is 230 g/mol. The summed E-state index contributed by atoms with van der Waals surface area (Å²) in [4.78, 5) is 0. The third-order valence-corrected chi connectivity index (χ3v) is 2.33. The van der Waals surface area contributed by atoms with Crippen LogP contribution in [0.2, 0.25) is 5.02 Å². The standard InChI is InChI=1S/C11H16ClNO2/c1-14-5-2-6-15-8-9-7-10(13)3-4-11(9)12/h3-4,7H,2,5-6,8,13H2,1H3. The number of hydrogen-bond acceptors (Lipinski definition) is 3. The Kier molecular flexibility index (Phi) is 5.47. The summed E-state index contributed by atoms with van der Waals surface area (Å²) in [6, 6.07) is 5.39. The Morgan fingerprint density at radius 1 is 1.33 bits per heavy atom. The lowest BCUT2D eigenvalue weighted by molar-refractivity contribution is 0.0929. The molecule has 0 heterocycles. The first kappa shape index (κ1) is 12.3. The fraction of sp³-hybridized carbons (Fsp3) is 0.455. The van der Waals surface area contributed by atoms with E-state index in [1.807, 2.05) is 6.07 Å². The van der Waals surface area contributed by atoms with Gasteiger partial charge >= 0.3 is 0 Å². The van der Waals surface area contributed by atoms with Gasteiger partial charge in [0.05, 0.1) is 6.61 Å². The molecule has 0 atom stereocenters. The maximum atomic E-state index is 5.98. The molecule has 0 spiro atoms. The molecule has 0 aliphatic rings. The van der Waals surface area contributed by atoms with Crippen LogP contribution in [0.25, 0.3) is 0 Å². The molecule has 0 fully saturated rings. The summed E-state index contributed by atoms with van der Waals surface area (Å²) in [7, 11) is 1.68. The molecule has 0 radical (unpaired) electrons. The number of anilines is 1. The van der Waals surface area contributed by atoms with Crippen LogP contribution in [0.5, 0.6) is 0 Å². The first-order valence-corrected chi connectivity index (χ1v) is 5.22. The predicted octanol–water partition coefficient (Wildman–Crippen LogP) is 2.48. The molecule has 1 aromatic carbocycles. The van der Waals surface area contributed by atoms with Gasteiger partial charge in [0, 0.05) is 31.0 Å². The SMILES string of the molecule is COCCCOCc1cc(N)ccc1Cl. The maximum Gasteiger partial charge on any atom is 0.0732 e. The van der Waals surface area contributed by atoms with E-state index < -0.39 is 0 Å². The molecule has 0 aliphatic carbocycles. The van der Waals surface area contributed by atoms with Gasteiger partial charge in [0.15, 0.2) is 0 Å². The number of methoxy groups -OCH3 is 1. The summed E-state index contributed by atoms with van der Waals surface area (Å²) in [6.45, 7) is 1.87. The highest BCUT2D eigenvalue weighted by molar-refractivity contribution is 6.31. The normalized spacial score (nSPS) is 10.5. The molecule has 3 nitrogen and oxygen atoms in total. The van der Waals surface area contributed by atoms with Crippen LogP contribution in [0, 0.1) is 0 Å². The van der Waals surface area contributed by atoms with Crippen molar-refractivity contribution in [2.24, 2.45) is 0 Å². The summed E-state index contributed by atoms with van der Waals surface area (Å²) >= 11 is 5.98. The summed E-state index contributed by atoms with van der Waals surface area (Å²) in [6.07, 6.45) is 0.885. The van der Waals surface area contributed by atoms with Crippen LogP contribution in [-0.2, 0) is 16.1 Å². The van der Waals surface area contributed by atoms with E-state index in [-0.39, 0.29) is 0 Å². The Bertz CT molecular complexity index is 305. The summed E-state index contributed by atoms with van der Waals surface area (Å²) in [5, 5.41) is 0.691. The third kappa shape index (κ3) is 4.51. The molecule has 15 heavy (non-hydrogen) atoms. The number of ether oxygens (including phenoxy) is 2. The number of nitrogens with two attached hydrogens (primary N) is 1. The first-order valence-electron chi connectivity index (χ1n) is 4.84. The minimum atomic E-state index is 0.494. The highest BCUT2D eigenvalue weighted by atomic mass is 35.5. The molecular formula is C11H16ClNO2. The van der Waals surface area contributed by atoms with Crippen molar-refractivity contribution in [2.45, 2.75) is 13.0 Å². The van der Waals surface area contributed by atoms with Crippen molar-refractivity contribution in [3.05, 3.63) is 28.8 Å². The third-order valence-electron chi connectivity index (χ3n) is 1.96. The van der Waals surface area contributed by atoms with Gasteiger partial charge in [-0.2, -0.15) is 0 Å². The Morgan fingerprint density at radius 2 is 2.13 bits per heavy atom. The monoisotopic (exact) mass is 229 g/mol. The fourth-order valence-corrected chi connectivity index (χ4v) is 1.36. The lowest BCUT2D eigenvalue weighted by Gasteiger charge is -2.06. The Labute approximate surface area is 95.1 Å². The largest absolute Gasteiger partial charge is 0.399 e. The van der Waals surface area contributed by atoms with Crippen LogP contribution in [0.15, 0.2) is 18.2 Å². The van der Waals surface area contributed by atoms with Gasteiger partial charge in [-0.05, 0) is 30.2 Å². The van der Waals surface area contributed by atoms with Crippen molar-refractivity contribution in [1.29, 1.82) is 0 Å². The molecule has 0 amide bonds. The van der Waals surface area contributed by atoms with Gasteiger partial charge in [-0.1, -0.05) is 11.6 Å². The van der Waals surface area contributed by atoms with E-state index in [9.17, 15) is 0 Å². The molecule has 1 rings (SSSR count). The minimum absolute atomic E-state index is 0.494. The molecule has 0 saturated heterocycles. The maximum absolute atomic E-state index is 5.98. The van der Waals surface area contributed by atoms with Crippen LogP contribution in [0.1, 0.15) is 12.0 Å². The zero-order valence-electron chi connectivity index (χ0n) is 8.83. The Hall–Kier alpha value is -0.770. The highest BCUT2D eigenvalue weighted by Crippen LogP contribution is 2.19. The van der Waals surface area contributed by atoms with Gasteiger partial charge in [-0.25, -0.2) is 0 Å². The molecule has 0 saturated carbocycles. The summed E-state index contributed by atoms with van der Waals surface area (Å²) in [5.74, 6) is 0. The van der Waals surface area contributed by atoms with E-state index in [0.29, 0.717) is 30.5 Å². The van der Waals surface area contributed by atoms with Crippen molar-refractivity contribution in [3.63, 3.8) is 0 Å². The van der Waals surface area contributed by atoms with Gasteiger partial charge in [-0.15, -0.1) is 0 Å². The van der Waals surface area contributed by atoms with E-state index in [1.165, 1.54) is 0 Å². The van der Waals surface area contributed by atoms with E-state index in [1.54, 1.807) is 19.2 Å². The van der Waals surface area contributed by atoms with Gasteiger partial charge < -0.3 is 15.2 Å². The molecule has 0 aliphatic heterocycles. The zero-order valence-corrected chi connectivity index (χ0v) is 9.59. The number of rotatable bonds is 6. The van der Waals surface area contributed by atoms with Crippen molar-refractivity contribution in [1.82, 2.24) is 0 Å². The van der Waals surface area contributed by atoms with Crippen LogP contribution < -0.4 is 5.73 Å². The van der Waals surface area contributed by atoms with Gasteiger partial charge in [0.2, 0.25) is 0 Å². The molecule has 4 heteroatoms. The number of nitrogen functional groups attached to an aromatic ring is 1. The van der Waals surface area contributed by atoms with E-state index in [0.717, 1.165) is 12.0 Å². The quantitative estimate of drug-likeness (QED) is 0.602. The lowest BCUT2D eigenvalue weighted by Crippen LogP contribution is -2.00. The Balaban J connectivity index is 2.33. The molecule has 2 N–H and O–H groups in total. The zero-order chi connectivity index (χ0) is 11.1. The smallest absolute Gasteiger partial charge is 0.0732 e. The molecule has 1 aromatic rings. The van der Waals surface area contributed by atoms with Crippen LogP contribution >= 0.6 is 11.6 Å². The second kappa shape index (κ2) is 6.67. The molecule has 0 bridgehead atoms. The van der Waals surface area contributed by atoms with Crippen molar-refractivity contribution >= 4 is 17.3 Å². The van der Waals surface area contributed by atoms with Crippen LogP contribution in [-0.4, -0.2) is 20.3 Å². The molecule has 0 aromatic heterocycles. The lowest BCUT2D eigenvalue weighted by atomic mass is 10.2. The van der Waals surface area contributed by atoms with E-state index >= 15 is 0 Å². The van der Waals surface area contributed by atoms with Gasteiger partial charge in [-0.3, -0.25) is 0 Å². The molecular weight excluding hydrogens is 214 g/mol. The second-order valence-electron chi connectivity index (χ2n) is 3.25. The summed E-state index contributed by atoms with van der Waals surface area (Å²) < 4.78 is 10.3. The predicted molar refractivity (Wildman–Crippen MR) is 62.0 cm³/mol. The van der Waals surface area contributed by atoms with E-state index in [2.05, 4.69) is 0 Å². The van der Waals surface area contributed by atoms with Gasteiger partial charge in [0.1, 0.15) is 0 Å². The van der Waals surface area contributed by atoms with Crippen molar-refractivity contribution in [3.8, 4) is 0 Å². The van der Waals surface area contributed by atoms with E-state index in [4.69, 9.17) is 26.8 Å². The fourth-order valence-electron chi connectivity index (χ4n) is 1.19. The van der Waals surface area contributed by atoms with Gasteiger partial charge in [0.25, 0.3) is 0 Å².